The van der Waals surface area contributed by atoms with Crippen molar-refractivity contribution in [3.63, 3.8) is 0 Å². The number of carbonyl (C=O) groups excluding carboxylic acids is 4. The lowest BCUT2D eigenvalue weighted by atomic mass is 9.76. The van der Waals surface area contributed by atoms with Gasteiger partial charge in [-0.2, -0.15) is 0 Å². The van der Waals surface area contributed by atoms with E-state index < -0.39 is 41.1 Å². The molecular formula is C25H27N4O5+. The quantitative estimate of drug-likeness (QED) is 0.540. The minimum absolute atomic E-state index is 0.0232. The van der Waals surface area contributed by atoms with E-state index >= 15 is 0 Å². The summed E-state index contributed by atoms with van der Waals surface area (Å²) >= 11 is 0. The van der Waals surface area contributed by atoms with Crippen LogP contribution >= 0.6 is 0 Å². The minimum Gasteiger partial charge on any atom is -0.496 e. The van der Waals surface area contributed by atoms with Crippen LogP contribution in [-0.4, -0.2) is 41.7 Å². The van der Waals surface area contributed by atoms with Crippen molar-refractivity contribution in [2.45, 2.75) is 38.4 Å². The van der Waals surface area contributed by atoms with Gasteiger partial charge in [0, 0.05) is 11.1 Å². The molecule has 9 nitrogen and oxygen atoms in total. The SMILES string of the molecule is COc1ccccc1CN1C(=O)[C@H]2[C@@H](C1=O)[C@]1([NH2+][C@@H]2CC(N)=O)C(=O)Nc2c(C)cc(C)cc21. The minimum atomic E-state index is -1.33. The van der Waals surface area contributed by atoms with Crippen LogP contribution in [0.4, 0.5) is 5.69 Å². The molecule has 4 atom stereocenters. The molecule has 0 aromatic heterocycles. The number of hydrogen-bond acceptors (Lipinski definition) is 5. The number of methoxy groups -OCH3 is 1. The summed E-state index contributed by atoms with van der Waals surface area (Å²) in [4.78, 5) is 54.2. The average Bonchev–Trinajstić information content (AvgIpc) is 3.35. The van der Waals surface area contributed by atoms with E-state index in [1.54, 1.807) is 23.5 Å². The van der Waals surface area contributed by atoms with Gasteiger partial charge in [-0.15, -0.1) is 0 Å². The molecule has 0 aliphatic carbocycles. The highest BCUT2D eigenvalue weighted by atomic mass is 16.5. The molecule has 2 aromatic rings. The number of carbonyl (C=O) groups is 4. The van der Waals surface area contributed by atoms with E-state index in [1.165, 1.54) is 12.0 Å². The Balaban J connectivity index is 1.63. The second-order valence-corrected chi connectivity index (χ2v) is 9.41. The number of benzene rings is 2. The lowest BCUT2D eigenvalue weighted by Crippen LogP contribution is -2.99. The molecule has 3 heterocycles. The smallest absolute Gasteiger partial charge is 0.291 e. The number of primary amides is 1. The number of likely N-dealkylation sites (tertiary alicyclic amines) is 1. The molecule has 9 heteroatoms. The van der Waals surface area contributed by atoms with Crippen LogP contribution in [0.15, 0.2) is 36.4 Å². The number of rotatable bonds is 5. The molecule has 4 amide bonds. The highest BCUT2D eigenvalue weighted by molar-refractivity contribution is 6.14. The topological polar surface area (TPSA) is 135 Å². The molecular weight excluding hydrogens is 436 g/mol. The Bertz CT molecular complexity index is 1260. The van der Waals surface area contributed by atoms with E-state index in [-0.39, 0.29) is 18.9 Å². The third-order valence-corrected chi connectivity index (χ3v) is 7.37. The normalized spacial score (nSPS) is 27.2. The fraction of sp³-hybridized carbons (Fsp3) is 0.360. The van der Waals surface area contributed by atoms with Gasteiger partial charge in [0.15, 0.2) is 0 Å². The molecule has 2 aromatic carbocycles. The molecule has 34 heavy (non-hydrogen) atoms. The Morgan fingerprint density at radius 3 is 2.62 bits per heavy atom. The van der Waals surface area contributed by atoms with E-state index in [0.29, 0.717) is 22.6 Å². The van der Waals surface area contributed by atoms with Gasteiger partial charge in [-0.3, -0.25) is 24.1 Å². The largest absolute Gasteiger partial charge is 0.496 e. The van der Waals surface area contributed by atoms with Crippen molar-refractivity contribution in [2.24, 2.45) is 17.6 Å². The summed E-state index contributed by atoms with van der Waals surface area (Å²) in [6, 6.07) is 10.4. The maximum Gasteiger partial charge on any atom is 0.291 e. The first kappa shape index (κ1) is 22.1. The number of hydrogen-bond donors (Lipinski definition) is 3. The number of imide groups is 1. The molecule has 0 unspecified atom stereocenters. The second-order valence-electron chi connectivity index (χ2n) is 9.41. The van der Waals surface area contributed by atoms with Gasteiger partial charge in [0.25, 0.3) is 5.91 Å². The first-order valence-corrected chi connectivity index (χ1v) is 11.2. The van der Waals surface area contributed by atoms with Crippen LogP contribution in [0, 0.1) is 25.7 Å². The number of ether oxygens (including phenoxy) is 1. The third-order valence-electron chi connectivity index (χ3n) is 7.37. The summed E-state index contributed by atoms with van der Waals surface area (Å²) < 4.78 is 5.40. The Morgan fingerprint density at radius 1 is 1.18 bits per heavy atom. The second kappa shape index (κ2) is 7.66. The highest BCUT2D eigenvalue weighted by Gasteiger charge is 2.74. The Hall–Kier alpha value is -3.72. The highest BCUT2D eigenvalue weighted by Crippen LogP contribution is 2.50. The summed E-state index contributed by atoms with van der Waals surface area (Å²) in [5.41, 5.74) is 8.02. The van der Waals surface area contributed by atoms with Gasteiger partial charge in [-0.05, 0) is 31.5 Å². The van der Waals surface area contributed by atoms with Crippen LogP contribution < -0.4 is 21.1 Å². The van der Waals surface area contributed by atoms with Gasteiger partial charge in [0.05, 0.1) is 25.8 Å². The zero-order valence-corrected chi connectivity index (χ0v) is 19.3. The molecule has 1 spiro atoms. The van der Waals surface area contributed by atoms with Gasteiger partial charge in [-0.25, -0.2) is 0 Å². The fourth-order valence-electron chi connectivity index (χ4n) is 6.06. The molecule has 0 saturated carbocycles. The molecule has 0 radical (unpaired) electrons. The average molecular weight is 464 g/mol. The zero-order chi connectivity index (χ0) is 24.4. The van der Waals surface area contributed by atoms with Gasteiger partial charge >= 0.3 is 0 Å². The Morgan fingerprint density at radius 2 is 1.91 bits per heavy atom. The van der Waals surface area contributed by atoms with E-state index in [9.17, 15) is 19.2 Å². The predicted molar refractivity (Wildman–Crippen MR) is 121 cm³/mol. The first-order chi connectivity index (χ1) is 16.2. The molecule has 3 aliphatic heterocycles. The lowest BCUT2D eigenvalue weighted by Gasteiger charge is -2.26. The number of nitrogens with zero attached hydrogens (tertiary/aromatic N) is 1. The number of quaternary nitrogens is 1. The molecule has 2 saturated heterocycles. The summed E-state index contributed by atoms with van der Waals surface area (Å²) in [6.07, 6.45) is -0.113. The van der Waals surface area contributed by atoms with Gasteiger partial charge in [0.1, 0.15) is 23.6 Å². The van der Waals surface area contributed by atoms with Crippen molar-refractivity contribution in [1.82, 2.24) is 4.90 Å². The third kappa shape index (κ3) is 2.96. The van der Waals surface area contributed by atoms with E-state index in [2.05, 4.69) is 5.32 Å². The standard InChI is InChI=1S/C25H26N4O5/c1-12-8-13(2)21-15(9-12)25(24(33)27-21)20-19(16(28-25)10-18(26)30)22(31)29(23(20)32)11-14-6-4-5-7-17(14)34-3/h4-9,16,19-20,28H,10-11H2,1-3H3,(H2,26,30)(H,27,33)/p+1/t16-,19-,20+,25+/m1/s1. The predicted octanol–water partition coefficient (Wildman–Crippen LogP) is 0.0818. The van der Waals surface area contributed by atoms with Gasteiger partial charge < -0.3 is 21.1 Å². The van der Waals surface area contributed by atoms with Crippen LogP contribution in [-0.2, 0) is 31.3 Å². The number of anilines is 1. The fourth-order valence-corrected chi connectivity index (χ4v) is 6.06. The van der Waals surface area contributed by atoms with Crippen molar-refractivity contribution in [3.8, 4) is 5.75 Å². The maximum absolute atomic E-state index is 13.9. The van der Waals surface area contributed by atoms with E-state index in [0.717, 1.165) is 11.1 Å². The Labute approximate surface area is 196 Å². The van der Waals surface area contributed by atoms with Crippen LogP contribution in [0.3, 0.4) is 0 Å². The van der Waals surface area contributed by atoms with Crippen LogP contribution in [0.1, 0.15) is 28.7 Å². The van der Waals surface area contributed by atoms with Gasteiger partial charge in [0.2, 0.25) is 23.3 Å². The number of nitrogens with one attached hydrogen (secondary N) is 1. The number of para-hydroxylation sites is 1. The van der Waals surface area contributed by atoms with Crippen LogP contribution in [0.2, 0.25) is 0 Å². The van der Waals surface area contributed by atoms with E-state index in [4.69, 9.17) is 10.5 Å². The van der Waals surface area contributed by atoms with Crippen molar-refractivity contribution in [3.05, 3.63) is 58.7 Å². The molecule has 5 N–H and O–H groups in total. The van der Waals surface area contributed by atoms with Gasteiger partial charge in [-0.1, -0.05) is 29.8 Å². The lowest BCUT2D eigenvalue weighted by molar-refractivity contribution is -0.732. The van der Waals surface area contributed by atoms with Crippen LogP contribution in [0.5, 0.6) is 5.75 Å². The molecule has 2 fully saturated rings. The van der Waals surface area contributed by atoms with Crippen molar-refractivity contribution < 1.29 is 29.2 Å². The summed E-state index contributed by atoms with van der Waals surface area (Å²) in [6.45, 7) is 3.84. The number of aryl methyl sites for hydroxylation is 2. The van der Waals surface area contributed by atoms with E-state index in [1.807, 2.05) is 32.0 Å². The maximum atomic E-state index is 13.9. The summed E-state index contributed by atoms with van der Waals surface area (Å²) in [5, 5.41) is 4.67. The molecule has 0 bridgehead atoms. The van der Waals surface area contributed by atoms with Crippen molar-refractivity contribution in [1.29, 1.82) is 0 Å². The number of nitrogens with two attached hydrogens (primary N) is 2. The Kier molecular flexibility index (Phi) is 4.98. The number of amides is 4. The number of fused-ring (bicyclic) bond motifs is 4. The molecule has 3 aliphatic rings. The first-order valence-electron chi connectivity index (χ1n) is 11.2. The van der Waals surface area contributed by atoms with Crippen molar-refractivity contribution >= 4 is 29.3 Å². The summed E-state index contributed by atoms with van der Waals surface area (Å²) in [7, 11) is 1.53. The molecule has 5 rings (SSSR count). The zero-order valence-electron chi connectivity index (χ0n) is 19.3. The van der Waals surface area contributed by atoms with Crippen molar-refractivity contribution in [2.75, 3.05) is 12.4 Å². The van der Waals surface area contributed by atoms with Crippen LogP contribution in [0.25, 0.3) is 0 Å². The monoisotopic (exact) mass is 463 g/mol. The summed E-state index contributed by atoms with van der Waals surface area (Å²) in [5.74, 6) is -2.98. The molecule has 176 valence electrons.